The van der Waals surface area contributed by atoms with Gasteiger partial charge in [0.15, 0.2) is 0 Å². The van der Waals surface area contributed by atoms with Crippen LogP contribution in [0.15, 0.2) is 0 Å². The van der Waals surface area contributed by atoms with E-state index in [1.807, 2.05) is 0 Å². The molecule has 90 valence electrons. The highest BCUT2D eigenvalue weighted by Crippen LogP contribution is 2.69. The lowest BCUT2D eigenvalue weighted by molar-refractivity contribution is -0.143. The molecule has 16 heavy (non-hydrogen) atoms. The lowest BCUT2D eigenvalue weighted by atomic mass is 9.48. The molecule has 1 N–H and O–H groups in total. The fraction of sp³-hybridized carbons (Fsp3) is 0.917. The van der Waals surface area contributed by atoms with E-state index in [1.165, 1.54) is 12.8 Å². The van der Waals surface area contributed by atoms with Crippen LogP contribution in [0.4, 0.5) is 0 Å². The average Bonchev–Trinajstić information content (AvgIpc) is 1.91. The quantitative estimate of drug-likeness (QED) is 0.770. The zero-order valence-electron chi connectivity index (χ0n) is 9.14. The van der Waals surface area contributed by atoms with Gasteiger partial charge in [0.25, 0.3) is 0 Å². The molecule has 0 amide bonds. The zero-order chi connectivity index (χ0) is 11.6. The van der Waals surface area contributed by atoms with Crippen molar-refractivity contribution in [3.8, 4) is 0 Å². The van der Waals surface area contributed by atoms with Gasteiger partial charge in [0.1, 0.15) is 0 Å². The molecule has 2 atom stereocenters. The van der Waals surface area contributed by atoms with Gasteiger partial charge in [0, 0.05) is 8.65 Å². The van der Waals surface area contributed by atoms with E-state index in [1.54, 1.807) is 0 Å². The standard InChI is InChI=1S/C12H16Br2O2/c13-11-2-8-1-10(5-11,4-9(15)16)6-12(14,3-8)7-11/h8H,1-7H2,(H,15,16)/t8?,10?,11-,12-/m1/s1. The van der Waals surface area contributed by atoms with Crippen molar-refractivity contribution in [3.63, 3.8) is 0 Å². The van der Waals surface area contributed by atoms with Crippen LogP contribution < -0.4 is 0 Å². The molecule has 4 rings (SSSR count). The SMILES string of the molecule is O=C(O)CC12CC3C[C@@](Br)(C1)C[C@@](Br)(C3)C2. The van der Waals surface area contributed by atoms with Crippen molar-refractivity contribution in [2.24, 2.45) is 11.3 Å². The molecule has 0 radical (unpaired) electrons. The Morgan fingerprint density at radius 1 is 1.12 bits per heavy atom. The van der Waals surface area contributed by atoms with Crippen LogP contribution in [0.1, 0.15) is 44.9 Å². The molecule has 4 aliphatic rings. The second-order valence-corrected chi connectivity index (χ2v) is 9.75. The van der Waals surface area contributed by atoms with Crippen molar-refractivity contribution in [2.45, 2.75) is 53.6 Å². The third-order valence-corrected chi connectivity index (χ3v) is 6.34. The Hall–Kier alpha value is 0.430. The van der Waals surface area contributed by atoms with Crippen molar-refractivity contribution in [3.05, 3.63) is 0 Å². The molecule has 0 spiro atoms. The van der Waals surface area contributed by atoms with Gasteiger partial charge in [-0.2, -0.15) is 0 Å². The summed E-state index contributed by atoms with van der Waals surface area (Å²) in [6.45, 7) is 0. The minimum Gasteiger partial charge on any atom is -0.481 e. The Bertz CT molecular complexity index is 337. The first kappa shape index (κ1) is 11.5. The van der Waals surface area contributed by atoms with E-state index in [0.29, 0.717) is 12.3 Å². The maximum Gasteiger partial charge on any atom is 0.303 e. The van der Waals surface area contributed by atoms with Gasteiger partial charge in [-0.15, -0.1) is 0 Å². The fourth-order valence-electron chi connectivity index (χ4n) is 4.91. The van der Waals surface area contributed by atoms with E-state index >= 15 is 0 Å². The molecule has 0 heterocycles. The van der Waals surface area contributed by atoms with Crippen LogP contribution in [0.2, 0.25) is 0 Å². The predicted octanol–water partition coefficient (Wildman–Crippen LogP) is 3.71. The highest BCUT2D eigenvalue weighted by atomic mass is 79.9. The van der Waals surface area contributed by atoms with Crippen molar-refractivity contribution in [1.29, 1.82) is 0 Å². The number of hydrogen-bond acceptors (Lipinski definition) is 1. The number of alkyl halides is 2. The van der Waals surface area contributed by atoms with Gasteiger partial charge in [-0.05, 0) is 49.9 Å². The smallest absolute Gasteiger partial charge is 0.303 e. The molecule has 4 heteroatoms. The summed E-state index contributed by atoms with van der Waals surface area (Å²) in [5, 5.41) is 9.11. The highest BCUT2D eigenvalue weighted by molar-refractivity contribution is 9.10. The molecule has 4 fully saturated rings. The maximum atomic E-state index is 11.1. The van der Waals surface area contributed by atoms with Gasteiger partial charge < -0.3 is 5.11 Å². The normalized spacial score (nSPS) is 54.2. The number of carbonyl (C=O) groups is 1. The van der Waals surface area contributed by atoms with Gasteiger partial charge in [0.2, 0.25) is 0 Å². The summed E-state index contributed by atoms with van der Waals surface area (Å²) < 4.78 is 0.427. The second-order valence-electron chi connectivity index (χ2n) is 6.38. The minimum absolute atomic E-state index is 0.0538. The van der Waals surface area contributed by atoms with Gasteiger partial charge in [-0.3, -0.25) is 4.79 Å². The zero-order valence-corrected chi connectivity index (χ0v) is 12.3. The third-order valence-electron chi connectivity index (χ3n) is 4.57. The Balaban J connectivity index is 1.95. The summed E-state index contributed by atoms with van der Waals surface area (Å²) in [7, 11) is 0. The summed E-state index contributed by atoms with van der Waals surface area (Å²) in [5.41, 5.74) is 0.0538. The Morgan fingerprint density at radius 2 is 1.69 bits per heavy atom. The van der Waals surface area contributed by atoms with Crippen LogP contribution in [0.3, 0.4) is 0 Å². The molecule has 0 unspecified atom stereocenters. The average molecular weight is 352 g/mol. The Labute approximate surface area is 112 Å². The molecule has 4 saturated carbocycles. The monoisotopic (exact) mass is 350 g/mol. The summed E-state index contributed by atoms with van der Waals surface area (Å²) in [6, 6.07) is 0. The topological polar surface area (TPSA) is 37.3 Å². The molecule has 4 aliphatic carbocycles. The summed E-state index contributed by atoms with van der Waals surface area (Å²) in [4.78, 5) is 11.1. The lowest BCUT2D eigenvalue weighted by Gasteiger charge is -2.63. The molecule has 2 nitrogen and oxygen atoms in total. The van der Waals surface area contributed by atoms with E-state index in [2.05, 4.69) is 31.9 Å². The first-order chi connectivity index (χ1) is 7.32. The molecular formula is C12H16Br2O2. The minimum atomic E-state index is -0.630. The highest BCUT2D eigenvalue weighted by Gasteiger charge is 2.62. The number of hydrogen-bond donors (Lipinski definition) is 1. The van der Waals surface area contributed by atoms with Crippen LogP contribution in [-0.4, -0.2) is 19.7 Å². The van der Waals surface area contributed by atoms with E-state index in [-0.39, 0.29) is 14.1 Å². The van der Waals surface area contributed by atoms with Crippen molar-refractivity contribution >= 4 is 37.8 Å². The second kappa shape index (κ2) is 3.25. The number of halogens is 2. The number of carboxylic acids is 1. The molecule has 0 aromatic heterocycles. The largest absolute Gasteiger partial charge is 0.481 e. The van der Waals surface area contributed by atoms with Gasteiger partial charge in [-0.1, -0.05) is 31.9 Å². The summed E-state index contributed by atoms with van der Waals surface area (Å²) >= 11 is 7.79. The number of rotatable bonds is 2. The molecule has 4 bridgehead atoms. The van der Waals surface area contributed by atoms with Crippen LogP contribution in [0.5, 0.6) is 0 Å². The van der Waals surface area contributed by atoms with Gasteiger partial charge >= 0.3 is 5.97 Å². The first-order valence-electron chi connectivity index (χ1n) is 5.92. The van der Waals surface area contributed by atoms with Gasteiger partial charge in [0.05, 0.1) is 6.42 Å². The Morgan fingerprint density at radius 3 is 2.12 bits per heavy atom. The van der Waals surface area contributed by atoms with Gasteiger partial charge in [-0.25, -0.2) is 0 Å². The van der Waals surface area contributed by atoms with E-state index in [9.17, 15) is 4.79 Å². The van der Waals surface area contributed by atoms with Crippen LogP contribution in [0, 0.1) is 11.3 Å². The molecule has 0 aliphatic heterocycles. The molecule has 0 aromatic rings. The molecular weight excluding hydrogens is 336 g/mol. The first-order valence-corrected chi connectivity index (χ1v) is 7.51. The van der Waals surface area contributed by atoms with E-state index in [4.69, 9.17) is 5.11 Å². The van der Waals surface area contributed by atoms with E-state index in [0.717, 1.165) is 25.7 Å². The number of carboxylic acid groups (broad SMARTS) is 1. The number of aliphatic carboxylic acids is 1. The van der Waals surface area contributed by atoms with Crippen LogP contribution in [-0.2, 0) is 4.79 Å². The predicted molar refractivity (Wildman–Crippen MR) is 69.2 cm³/mol. The van der Waals surface area contributed by atoms with Crippen LogP contribution >= 0.6 is 31.9 Å². The van der Waals surface area contributed by atoms with E-state index < -0.39 is 5.97 Å². The molecule has 0 saturated heterocycles. The lowest BCUT2D eigenvalue weighted by Crippen LogP contribution is -2.59. The van der Waals surface area contributed by atoms with Crippen LogP contribution in [0.25, 0.3) is 0 Å². The van der Waals surface area contributed by atoms with Crippen molar-refractivity contribution in [1.82, 2.24) is 0 Å². The van der Waals surface area contributed by atoms with Crippen molar-refractivity contribution < 1.29 is 9.90 Å². The Kier molecular flexibility index (Phi) is 2.34. The maximum absolute atomic E-state index is 11.1. The summed E-state index contributed by atoms with van der Waals surface area (Å²) in [5.74, 6) is 0.0866. The summed E-state index contributed by atoms with van der Waals surface area (Å²) in [6.07, 6.45) is 7.22. The van der Waals surface area contributed by atoms with Crippen molar-refractivity contribution in [2.75, 3.05) is 0 Å². The molecule has 0 aromatic carbocycles. The third kappa shape index (κ3) is 1.76. The fourth-order valence-corrected chi connectivity index (χ4v) is 8.47.